The van der Waals surface area contributed by atoms with Crippen LogP contribution in [-0.4, -0.2) is 96.7 Å². The molecule has 0 aliphatic heterocycles. The minimum Gasteiger partial charge on any atom is -0.462 e. The zero-order valence-corrected chi connectivity index (χ0v) is 66.9. The highest BCUT2D eigenvalue weighted by atomic mass is 31.2. The highest BCUT2D eigenvalue weighted by molar-refractivity contribution is 7.47. The van der Waals surface area contributed by atoms with Crippen LogP contribution in [0.4, 0.5) is 0 Å². The average molecular weight is 1450 g/mol. The number of carbonyl (C=O) groups is 4. The molecule has 17 nitrogen and oxygen atoms in total. The van der Waals surface area contributed by atoms with Crippen LogP contribution in [0.25, 0.3) is 0 Å². The SMILES string of the molecule is CCC(C)CCCCCCCCCCCCC(=O)O[C@H](COC(=O)CCCCCCCCC(C)C)COP(=O)(O)OC[C@H](O)COP(=O)(O)OC[C@@H](COC(=O)CCCCCCCCCCCCCCCCC(C)C)OC(=O)CCCCCCCCCCCCCCCCCCC(C)C. The first kappa shape index (κ1) is 97.1. The minimum absolute atomic E-state index is 0.105. The Labute approximate surface area is 607 Å². The zero-order valence-electron chi connectivity index (χ0n) is 65.1. The van der Waals surface area contributed by atoms with Crippen molar-refractivity contribution in [3.05, 3.63) is 0 Å². The summed E-state index contributed by atoms with van der Waals surface area (Å²) in [6.45, 7) is 14.2. The van der Waals surface area contributed by atoms with Crippen LogP contribution in [0.15, 0.2) is 0 Å². The summed E-state index contributed by atoms with van der Waals surface area (Å²) < 4.78 is 68.6. The fourth-order valence-corrected chi connectivity index (χ4v) is 13.8. The van der Waals surface area contributed by atoms with Gasteiger partial charge in [0.1, 0.15) is 19.3 Å². The van der Waals surface area contributed by atoms with Gasteiger partial charge in [-0.05, 0) is 49.4 Å². The number of ether oxygens (including phenoxy) is 4. The topological polar surface area (TPSA) is 237 Å². The van der Waals surface area contributed by atoms with E-state index < -0.39 is 97.5 Å². The molecule has 0 spiro atoms. The Morgan fingerprint density at radius 3 is 0.717 bits per heavy atom. The van der Waals surface area contributed by atoms with Crippen molar-refractivity contribution in [1.29, 1.82) is 0 Å². The predicted molar refractivity (Wildman–Crippen MR) is 404 cm³/mol. The summed E-state index contributed by atoms with van der Waals surface area (Å²) in [6.07, 6.45) is 55.6. The molecule has 0 heterocycles. The van der Waals surface area contributed by atoms with Gasteiger partial charge < -0.3 is 33.8 Å². The van der Waals surface area contributed by atoms with E-state index in [9.17, 15) is 43.2 Å². The van der Waals surface area contributed by atoms with Gasteiger partial charge in [-0.3, -0.25) is 37.3 Å². The molecule has 0 aliphatic rings. The molecule has 3 N–H and O–H groups in total. The first-order valence-electron chi connectivity index (χ1n) is 41.2. The molecular weight excluding hydrogens is 1290 g/mol. The van der Waals surface area contributed by atoms with Crippen molar-refractivity contribution in [1.82, 2.24) is 0 Å². The van der Waals surface area contributed by atoms with Crippen LogP contribution in [-0.2, 0) is 65.4 Å². The zero-order chi connectivity index (χ0) is 73.1. The first-order chi connectivity index (χ1) is 47.6. The van der Waals surface area contributed by atoms with Gasteiger partial charge in [-0.2, -0.15) is 0 Å². The van der Waals surface area contributed by atoms with E-state index in [-0.39, 0.29) is 25.7 Å². The molecular formula is C80H156O17P2. The van der Waals surface area contributed by atoms with Crippen LogP contribution >= 0.6 is 15.6 Å². The number of aliphatic hydroxyl groups excluding tert-OH is 1. The number of aliphatic hydroxyl groups is 1. The summed E-state index contributed by atoms with van der Waals surface area (Å²) in [6, 6.07) is 0. The van der Waals surface area contributed by atoms with Gasteiger partial charge in [0.2, 0.25) is 0 Å². The molecule has 0 saturated carbocycles. The molecule has 19 heteroatoms. The molecule has 588 valence electrons. The number of hydrogen-bond acceptors (Lipinski definition) is 15. The molecule has 6 atom stereocenters. The van der Waals surface area contributed by atoms with Crippen LogP contribution in [0.1, 0.15) is 409 Å². The Balaban J connectivity index is 5.23. The smallest absolute Gasteiger partial charge is 0.462 e. The molecule has 0 radical (unpaired) electrons. The van der Waals surface area contributed by atoms with Gasteiger partial charge in [0.25, 0.3) is 0 Å². The van der Waals surface area contributed by atoms with Crippen LogP contribution in [0.3, 0.4) is 0 Å². The van der Waals surface area contributed by atoms with Crippen molar-refractivity contribution in [3.63, 3.8) is 0 Å². The van der Waals surface area contributed by atoms with Gasteiger partial charge in [0.05, 0.1) is 26.4 Å². The van der Waals surface area contributed by atoms with E-state index >= 15 is 0 Å². The lowest BCUT2D eigenvalue weighted by Crippen LogP contribution is -2.30. The van der Waals surface area contributed by atoms with Crippen molar-refractivity contribution >= 4 is 39.5 Å². The molecule has 0 amide bonds. The van der Waals surface area contributed by atoms with Crippen LogP contribution in [0, 0.1) is 23.7 Å². The van der Waals surface area contributed by atoms with E-state index in [2.05, 4.69) is 55.4 Å². The van der Waals surface area contributed by atoms with Gasteiger partial charge >= 0.3 is 39.5 Å². The molecule has 0 bridgehead atoms. The third-order valence-corrected chi connectivity index (χ3v) is 20.8. The second kappa shape index (κ2) is 69.1. The normalized spacial score (nSPS) is 14.3. The van der Waals surface area contributed by atoms with Crippen LogP contribution in [0.2, 0.25) is 0 Å². The molecule has 0 aromatic carbocycles. The fraction of sp³-hybridized carbons (Fsp3) is 0.950. The number of carbonyl (C=O) groups excluding carboxylic acids is 4. The van der Waals surface area contributed by atoms with Crippen molar-refractivity contribution in [3.8, 4) is 0 Å². The summed E-state index contributed by atoms with van der Waals surface area (Å²) in [5.74, 6) is 0.974. The van der Waals surface area contributed by atoms with Gasteiger partial charge in [-0.1, -0.05) is 357 Å². The number of phosphoric ester groups is 2. The second-order valence-corrected chi connectivity index (χ2v) is 33.4. The van der Waals surface area contributed by atoms with E-state index in [1.165, 1.54) is 205 Å². The summed E-state index contributed by atoms with van der Waals surface area (Å²) in [4.78, 5) is 72.9. The van der Waals surface area contributed by atoms with Crippen molar-refractivity contribution < 1.29 is 80.2 Å². The average Bonchev–Trinajstić information content (AvgIpc) is 0.983. The predicted octanol–water partition coefficient (Wildman–Crippen LogP) is 23.6. The van der Waals surface area contributed by atoms with Crippen LogP contribution < -0.4 is 0 Å². The number of phosphoric acid groups is 2. The van der Waals surface area contributed by atoms with E-state index in [1.54, 1.807) is 0 Å². The van der Waals surface area contributed by atoms with E-state index in [0.717, 1.165) is 114 Å². The number of hydrogen-bond donors (Lipinski definition) is 3. The highest BCUT2D eigenvalue weighted by Crippen LogP contribution is 2.45. The maximum Gasteiger partial charge on any atom is 0.472 e. The van der Waals surface area contributed by atoms with Crippen molar-refractivity contribution in [2.24, 2.45) is 23.7 Å². The third kappa shape index (κ3) is 72.8. The lowest BCUT2D eigenvalue weighted by atomic mass is 9.99. The van der Waals surface area contributed by atoms with Gasteiger partial charge in [-0.25, -0.2) is 9.13 Å². The molecule has 99 heavy (non-hydrogen) atoms. The number of rotatable bonds is 77. The van der Waals surface area contributed by atoms with Gasteiger partial charge in [0, 0.05) is 25.7 Å². The van der Waals surface area contributed by atoms with Gasteiger partial charge in [0.15, 0.2) is 12.2 Å². The lowest BCUT2D eigenvalue weighted by Gasteiger charge is -2.21. The number of esters is 4. The van der Waals surface area contributed by atoms with Crippen molar-refractivity contribution in [2.45, 2.75) is 427 Å². The molecule has 0 rings (SSSR count). The molecule has 0 aromatic rings. The Hall–Kier alpha value is -1.94. The second-order valence-electron chi connectivity index (χ2n) is 30.5. The summed E-state index contributed by atoms with van der Waals surface area (Å²) in [5, 5.41) is 10.6. The summed E-state index contributed by atoms with van der Waals surface area (Å²) >= 11 is 0. The lowest BCUT2D eigenvalue weighted by molar-refractivity contribution is -0.161. The monoisotopic (exact) mass is 1450 g/mol. The Kier molecular flexibility index (Phi) is 67.8. The van der Waals surface area contributed by atoms with E-state index in [4.69, 9.17) is 37.0 Å². The largest absolute Gasteiger partial charge is 0.472 e. The van der Waals surface area contributed by atoms with E-state index in [0.29, 0.717) is 31.6 Å². The Morgan fingerprint density at radius 1 is 0.283 bits per heavy atom. The maximum absolute atomic E-state index is 13.1. The fourth-order valence-electron chi connectivity index (χ4n) is 12.2. The third-order valence-electron chi connectivity index (χ3n) is 18.9. The summed E-state index contributed by atoms with van der Waals surface area (Å²) in [5.41, 5.74) is 0. The molecule has 3 unspecified atom stereocenters. The maximum atomic E-state index is 13.1. The summed E-state index contributed by atoms with van der Waals surface area (Å²) in [7, 11) is -9.92. The van der Waals surface area contributed by atoms with Crippen molar-refractivity contribution in [2.75, 3.05) is 39.6 Å². The quantitative estimate of drug-likeness (QED) is 0.0222. The van der Waals surface area contributed by atoms with E-state index in [1.807, 2.05) is 0 Å². The minimum atomic E-state index is -4.96. The molecule has 0 aliphatic carbocycles. The molecule has 0 aromatic heterocycles. The first-order valence-corrected chi connectivity index (χ1v) is 44.2. The number of unbranched alkanes of at least 4 members (excludes halogenated alkanes) is 42. The van der Waals surface area contributed by atoms with Gasteiger partial charge in [-0.15, -0.1) is 0 Å². The van der Waals surface area contributed by atoms with Crippen LogP contribution in [0.5, 0.6) is 0 Å². The Morgan fingerprint density at radius 2 is 0.485 bits per heavy atom. The molecule has 0 saturated heterocycles. The standard InChI is InChI=1S/C80H156O17P2/c1-9-73(8)59-51-43-34-28-24-25-31-37-47-55-63-80(85)97-76(67-91-78(83)61-53-45-39-38-42-50-58-72(6)7)69-95-99(88,89)93-65-74(81)64-92-98(86,87)94-68-75(66-90-77(82)60-52-44-35-29-22-18-15-14-17-21-27-33-41-49-57-71(4)5)96-79(84)62-54-46-36-30-23-19-13-11-10-12-16-20-26-32-40-48-56-70(2)3/h70-76,81H,9-69H2,1-8H3,(H,86,87)(H,88,89)/t73?,74-,75-,76-/m1/s1. The molecule has 0 fully saturated rings. The Bertz CT molecular complexity index is 1940. The highest BCUT2D eigenvalue weighted by Gasteiger charge is 2.30.